The van der Waals surface area contributed by atoms with Crippen molar-refractivity contribution < 1.29 is 19.2 Å². The van der Waals surface area contributed by atoms with Gasteiger partial charge in [0.2, 0.25) is 0 Å². The fourth-order valence-corrected chi connectivity index (χ4v) is 4.71. The van der Waals surface area contributed by atoms with Crippen molar-refractivity contribution in [3.05, 3.63) is 13.8 Å². The third kappa shape index (κ3) is 18.7. The van der Waals surface area contributed by atoms with E-state index >= 15 is 0 Å². The number of unbranched alkanes of at least 4 members (excludes halogenated alkanes) is 15. The van der Waals surface area contributed by atoms with Crippen LogP contribution < -0.4 is 0 Å². The molecule has 0 unspecified atom stereocenters. The van der Waals surface area contributed by atoms with E-state index in [2.05, 4.69) is 20.8 Å². The molecule has 0 aliphatic carbocycles. The van der Waals surface area contributed by atoms with Crippen molar-refractivity contribution in [1.29, 1.82) is 0 Å². The number of hydrogen-bond donors (Lipinski definition) is 3. The van der Waals surface area contributed by atoms with Crippen LogP contribution in [-0.2, 0) is 0 Å². The van der Waals surface area contributed by atoms with E-state index in [1.165, 1.54) is 96.3 Å². The molecule has 0 aromatic rings. The van der Waals surface area contributed by atoms with Crippen LogP contribution in [0.2, 0.25) is 0 Å². The van der Waals surface area contributed by atoms with Crippen LogP contribution in [0.1, 0.15) is 110 Å². The first-order valence-electron chi connectivity index (χ1n) is 12.4. The number of hydrogen-bond acceptors (Lipinski definition) is 3. The first kappa shape index (κ1) is 29.3. The summed E-state index contributed by atoms with van der Waals surface area (Å²) in [6, 6.07) is 0. The molecule has 0 atom stereocenters. The molecule has 5 heteroatoms. The van der Waals surface area contributed by atoms with E-state index < -0.39 is 7.94 Å². The van der Waals surface area contributed by atoms with E-state index in [1.807, 2.05) is 0 Å². The SMILES string of the molecule is [CH2]C[N+](C[CH2])(CCCCCCCCCCCCCCCCCC)CC[P-](O)(O)O. The summed E-state index contributed by atoms with van der Waals surface area (Å²) in [6.45, 7) is 13.2. The van der Waals surface area contributed by atoms with Crippen molar-refractivity contribution in [3.8, 4) is 0 Å². The van der Waals surface area contributed by atoms with Crippen molar-refractivity contribution in [2.24, 2.45) is 0 Å². The number of quaternary nitrogens is 1. The predicted molar refractivity (Wildman–Crippen MR) is 128 cm³/mol. The van der Waals surface area contributed by atoms with Crippen LogP contribution in [0.15, 0.2) is 0 Å². The Hall–Kier alpha value is 0.270. The van der Waals surface area contributed by atoms with Gasteiger partial charge in [0.1, 0.15) is 0 Å². The van der Waals surface area contributed by atoms with Crippen LogP contribution in [0.25, 0.3) is 0 Å². The monoisotopic (exact) mass is 433 g/mol. The maximum atomic E-state index is 9.26. The van der Waals surface area contributed by atoms with Gasteiger partial charge in [-0.05, 0) is 0 Å². The van der Waals surface area contributed by atoms with E-state index in [-0.39, 0.29) is 6.16 Å². The summed E-state index contributed by atoms with van der Waals surface area (Å²) in [5.74, 6) is 0. The zero-order valence-electron chi connectivity index (χ0n) is 19.5. The Balaban J connectivity index is 3.51. The molecule has 0 spiro atoms. The van der Waals surface area contributed by atoms with Crippen LogP contribution in [0.5, 0.6) is 0 Å². The maximum absolute atomic E-state index is 9.26. The van der Waals surface area contributed by atoms with Crippen molar-refractivity contribution in [2.75, 3.05) is 32.3 Å². The molecule has 0 aromatic carbocycles. The Bertz CT molecular complexity index is 344. The first-order chi connectivity index (χ1) is 13.9. The summed E-state index contributed by atoms with van der Waals surface area (Å²) in [5.41, 5.74) is 0. The van der Waals surface area contributed by atoms with Crippen molar-refractivity contribution in [2.45, 2.75) is 110 Å². The van der Waals surface area contributed by atoms with E-state index in [1.54, 1.807) is 0 Å². The van der Waals surface area contributed by atoms with E-state index in [9.17, 15) is 14.7 Å². The fourth-order valence-electron chi connectivity index (χ4n) is 4.01. The molecule has 0 heterocycles. The van der Waals surface area contributed by atoms with Gasteiger partial charge in [0, 0.05) is 0 Å². The summed E-state index contributed by atoms with van der Waals surface area (Å²) in [4.78, 5) is 27.8. The standard InChI is InChI=1S/C24H52NO3P/c1-4-7-8-9-10-11-12-13-14-15-16-17-18-19-20-21-22-25(5-2,6-3)23-24-29(26,27)28/h26-28H,2-24H2,1H3. The number of nitrogens with zero attached hydrogens (tertiary/aromatic N) is 1. The van der Waals surface area contributed by atoms with Gasteiger partial charge >= 0.3 is 125 Å². The minimum atomic E-state index is -3.69. The Morgan fingerprint density at radius 1 is 0.552 bits per heavy atom. The van der Waals surface area contributed by atoms with Gasteiger partial charge in [0.05, 0.1) is 0 Å². The van der Waals surface area contributed by atoms with Crippen LogP contribution >= 0.6 is 7.94 Å². The van der Waals surface area contributed by atoms with Gasteiger partial charge in [0.25, 0.3) is 0 Å². The molecule has 0 fully saturated rings. The molecule has 0 amide bonds. The molecule has 0 aliphatic heterocycles. The quantitative estimate of drug-likeness (QED) is 0.104. The summed E-state index contributed by atoms with van der Waals surface area (Å²) in [5, 5.41) is 0. The summed E-state index contributed by atoms with van der Waals surface area (Å²) >= 11 is 0. The topological polar surface area (TPSA) is 60.7 Å². The average molecular weight is 434 g/mol. The van der Waals surface area contributed by atoms with Crippen LogP contribution in [0.3, 0.4) is 0 Å². The van der Waals surface area contributed by atoms with E-state index in [0.29, 0.717) is 24.1 Å². The Morgan fingerprint density at radius 3 is 1.21 bits per heavy atom. The molecular weight excluding hydrogens is 381 g/mol. The average Bonchev–Trinajstić information content (AvgIpc) is 2.69. The Morgan fingerprint density at radius 2 is 0.897 bits per heavy atom. The van der Waals surface area contributed by atoms with Crippen LogP contribution in [-0.4, -0.2) is 51.5 Å². The van der Waals surface area contributed by atoms with Gasteiger partial charge < -0.3 is 0 Å². The van der Waals surface area contributed by atoms with Gasteiger partial charge in [0.15, 0.2) is 0 Å². The van der Waals surface area contributed by atoms with Gasteiger partial charge in [-0.2, -0.15) is 0 Å². The predicted octanol–water partition coefficient (Wildman–Crippen LogP) is 6.47. The molecule has 4 nitrogen and oxygen atoms in total. The van der Waals surface area contributed by atoms with E-state index in [4.69, 9.17) is 0 Å². The summed E-state index contributed by atoms with van der Waals surface area (Å²) in [6.07, 6.45) is 21.9. The van der Waals surface area contributed by atoms with Gasteiger partial charge in [-0.1, -0.05) is 58.3 Å². The van der Waals surface area contributed by atoms with Crippen molar-refractivity contribution >= 4 is 7.94 Å². The summed E-state index contributed by atoms with van der Waals surface area (Å²) in [7, 11) is -3.69. The molecule has 0 aromatic heterocycles. The van der Waals surface area contributed by atoms with Crippen molar-refractivity contribution in [3.63, 3.8) is 0 Å². The van der Waals surface area contributed by atoms with E-state index in [0.717, 1.165) is 13.0 Å². The van der Waals surface area contributed by atoms with Crippen LogP contribution in [0.4, 0.5) is 0 Å². The molecule has 2 radical (unpaired) electrons. The molecule has 0 rings (SSSR count). The first-order valence-corrected chi connectivity index (χ1v) is 14.2. The zero-order valence-corrected chi connectivity index (χ0v) is 20.4. The molecule has 29 heavy (non-hydrogen) atoms. The molecule has 0 saturated carbocycles. The minimum absolute atomic E-state index is 0.0525. The third-order valence-corrected chi connectivity index (χ3v) is 7.11. The zero-order chi connectivity index (χ0) is 21.8. The Kier molecular flexibility index (Phi) is 19.2. The Labute approximate surface area is 183 Å². The third-order valence-electron chi connectivity index (χ3n) is 6.31. The molecular formula is C24H52NO3P. The van der Waals surface area contributed by atoms with Gasteiger partial charge in [-0.15, -0.1) is 0 Å². The second-order valence-electron chi connectivity index (χ2n) is 8.96. The van der Waals surface area contributed by atoms with Gasteiger partial charge in [-0.25, -0.2) is 0 Å². The molecule has 176 valence electrons. The molecule has 0 bridgehead atoms. The molecule has 3 N–H and O–H groups in total. The van der Waals surface area contributed by atoms with Crippen molar-refractivity contribution in [1.82, 2.24) is 0 Å². The summed E-state index contributed by atoms with van der Waals surface area (Å²) < 4.78 is 0.669. The second-order valence-corrected chi connectivity index (χ2v) is 10.8. The van der Waals surface area contributed by atoms with Gasteiger partial charge in [-0.3, -0.25) is 0 Å². The fraction of sp³-hybridized carbons (Fsp3) is 0.917. The molecule has 0 saturated heterocycles. The normalized spacial score (nSPS) is 13.2. The molecule has 0 aliphatic rings. The second kappa shape index (κ2) is 19.0. The number of rotatable bonds is 22. The van der Waals surface area contributed by atoms with Crippen LogP contribution in [0, 0.1) is 13.8 Å².